The van der Waals surface area contributed by atoms with E-state index in [1.807, 2.05) is 27.7 Å². The van der Waals surface area contributed by atoms with Crippen LogP contribution in [0.1, 0.15) is 34.1 Å². The van der Waals surface area contributed by atoms with Gasteiger partial charge in [-0.05, 0) is 27.2 Å². The second kappa shape index (κ2) is 6.32. The van der Waals surface area contributed by atoms with Gasteiger partial charge in [0, 0.05) is 0 Å². The summed E-state index contributed by atoms with van der Waals surface area (Å²) in [6.07, 6.45) is 1.73. The van der Waals surface area contributed by atoms with Crippen molar-refractivity contribution >= 4 is 6.09 Å². The maximum atomic E-state index is 11.4. The third-order valence-corrected chi connectivity index (χ3v) is 1.63. The number of hydrogen-bond acceptors (Lipinski definition) is 3. The van der Waals surface area contributed by atoms with Crippen LogP contribution in [-0.2, 0) is 9.47 Å². The van der Waals surface area contributed by atoms with Gasteiger partial charge in [0.1, 0.15) is 12.2 Å². The molecule has 1 N–H and O–H groups in total. The summed E-state index contributed by atoms with van der Waals surface area (Å²) in [6, 6.07) is -0.0437. The van der Waals surface area contributed by atoms with E-state index in [0.29, 0.717) is 6.61 Å². The van der Waals surface area contributed by atoms with Crippen molar-refractivity contribution in [3.05, 3.63) is 12.8 Å². The summed E-state index contributed by atoms with van der Waals surface area (Å²) in [6.45, 7) is 11.3. The minimum Gasteiger partial charge on any atom is -0.500 e. The first kappa shape index (κ1) is 13.8. The van der Waals surface area contributed by atoms with Gasteiger partial charge in [-0.2, -0.15) is 0 Å². The number of carbonyl (C=O) groups excluding carboxylic acids is 1. The van der Waals surface area contributed by atoms with Gasteiger partial charge < -0.3 is 14.8 Å². The van der Waals surface area contributed by atoms with Crippen LogP contribution in [0.4, 0.5) is 4.79 Å². The Bertz CT molecular complexity index is 208. The molecule has 0 bridgehead atoms. The van der Waals surface area contributed by atoms with E-state index in [9.17, 15) is 4.79 Å². The van der Waals surface area contributed by atoms with Gasteiger partial charge in [-0.15, -0.1) is 0 Å². The number of rotatable bonds is 5. The number of carbonyl (C=O) groups is 1. The molecule has 0 radical (unpaired) electrons. The fraction of sp³-hybridized carbons (Fsp3) is 0.727. The van der Waals surface area contributed by atoms with Gasteiger partial charge in [0.15, 0.2) is 0 Å². The summed E-state index contributed by atoms with van der Waals surface area (Å²) in [5, 5.41) is 2.72. The molecule has 0 fully saturated rings. The predicted octanol–water partition coefficient (Wildman–Crippen LogP) is 2.45. The maximum Gasteiger partial charge on any atom is 0.407 e. The molecular weight excluding hydrogens is 194 g/mol. The van der Waals surface area contributed by atoms with Crippen LogP contribution in [-0.4, -0.2) is 24.3 Å². The van der Waals surface area contributed by atoms with E-state index >= 15 is 0 Å². The highest BCUT2D eigenvalue weighted by atomic mass is 16.6. The lowest BCUT2D eigenvalue weighted by atomic mass is 10.2. The number of nitrogens with one attached hydrogen (secondary N) is 1. The highest BCUT2D eigenvalue weighted by Gasteiger charge is 2.18. The molecule has 4 heteroatoms. The van der Waals surface area contributed by atoms with Crippen molar-refractivity contribution in [1.82, 2.24) is 5.32 Å². The molecular formula is C11H21NO3. The van der Waals surface area contributed by atoms with Gasteiger partial charge in [-0.3, -0.25) is 0 Å². The molecule has 0 aliphatic carbocycles. The lowest BCUT2D eigenvalue weighted by Crippen LogP contribution is -2.40. The van der Waals surface area contributed by atoms with Crippen LogP contribution in [0.2, 0.25) is 0 Å². The summed E-state index contributed by atoms with van der Waals surface area (Å²) >= 11 is 0. The molecule has 0 aliphatic heterocycles. The van der Waals surface area contributed by atoms with E-state index in [2.05, 4.69) is 11.9 Å². The van der Waals surface area contributed by atoms with E-state index in [1.165, 1.54) is 6.26 Å². The number of ether oxygens (including phenoxy) is 2. The Morgan fingerprint density at radius 3 is 2.53 bits per heavy atom. The second-order valence-corrected chi connectivity index (χ2v) is 4.25. The zero-order valence-corrected chi connectivity index (χ0v) is 10.0. The highest BCUT2D eigenvalue weighted by Crippen LogP contribution is 2.07. The third-order valence-electron chi connectivity index (χ3n) is 1.63. The lowest BCUT2D eigenvalue weighted by Gasteiger charge is -2.22. The fourth-order valence-corrected chi connectivity index (χ4v) is 0.920. The average molecular weight is 215 g/mol. The molecule has 0 aromatic carbocycles. The zero-order valence-electron chi connectivity index (χ0n) is 10.0. The average Bonchev–Trinajstić information content (AvgIpc) is 2.09. The number of amides is 1. The molecule has 0 aromatic heterocycles. The van der Waals surface area contributed by atoms with Crippen molar-refractivity contribution in [3.63, 3.8) is 0 Å². The molecule has 88 valence electrons. The Morgan fingerprint density at radius 1 is 1.53 bits per heavy atom. The molecule has 1 atom stereocenters. The van der Waals surface area contributed by atoms with Crippen LogP contribution < -0.4 is 5.32 Å². The normalized spacial score (nSPS) is 12.8. The van der Waals surface area contributed by atoms with Gasteiger partial charge in [0.05, 0.1) is 12.3 Å². The van der Waals surface area contributed by atoms with Crippen LogP contribution in [0.15, 0.2) is 12.8 Å². The van der Waals surface area contributed by atoms with E-state index in [1.54, 1.807) is 0 Å². The first-order valence-corrected chi connectivity index (χ1v) is 5.11. The van der Waals surface area contributed by atoms with Gasteiger partial charge >= 0.3 is 6.09 Å². The Balaban J connectivity index is 3.95. The van der Waals surface area contributed by atoms with Crippen molar-refractivity contribution in [2.24, 2.45) is 0 Å². The molecule has 0 saturated carbocycles. The van der Waals surface area contributed by atoms with Crippen molar-refractivity contribution in [2.45, 2.75) is 45.8 Å². The van der Waals surface area contributed by atoms with E-state index in [4.69, 9.17) is 9.47 Å². The quantitative estimate of drug-likeness (QED) is 0.716. The van der Waals surface area contributed by atoms with Crippen LogP contribution in [0.3, 0.4) is 0 Å². The van der Waals surface area contributed by atoms with E-state index in [-0.39, 0.29) is 6.04 Å². The standard InChI is InChI=1S/C11H21NO3/c1-6-9(8-14-7-2)12-10(13)15-11(3,4)5/h7,9H,2,6,8H2,1,3-5H3,(H,12,13)/t9-/m1/s1. The molecule has 4 nitrogen and oxygen atoms in total. The first-order chi connectivity index (χ1) is 6.89. The zero-order chi connectivity index (χ0) is 11.9. The van der Waals surface area contributed by atoms with Crippen LogP contribution in [0, 0.1) is 0 Å². The van der Waals surface area contributed by atoms with Crippen LogP contribution in [0.25, 0.3) is 0 Å². The molecule has 15 heavy (non-hydrogen) atoms. The Hall–Kier alpha value is -1.19. The summed E-state index contributed by atoms with van der Waals surface area (Å²) in [7, 11) is 0. The fourth-order valence-electron chi connectivity index (χ4n) is 0.920. The largest absolute Gasteiger partial charge is 0.500 e. The summed E-state index contributed by atoms with van der Waals surface area (Å²) < 4.78 is 10.1. The first-order valence-electron chi connectivity index (χ1n) is 5.11. The maximum absolute atomic E-state index is 11.4. The summed E-state index contributed by atoms with van der Waals surface area (Å²) in [5.41, 5.74) is -0.471. The smallest absolute Gasteiger partial charge is 0.407 e. The topological polar surface area (TPSA) is 47.6 Å². The van der Waals surface area contributed by atoms with Crippen molar-refractivity contribution in [1.29, 1.82) is 0 Å². The van der Waals surface area contributed by atoms with E-state index < -0.39 is 11.7 Å². The molecule has 0 saturated heterocycles. The minimum absolute atomic E-state index is 0.0437. The van der Waals surface area contributed by atoms with Crippen LogP contribution in [0.5, 0.6) is 0 Å². The van der Waals surface area contributed by atoms with Crippen molar-refractivity contribution in [3.8, 4) is 0 Å². The van der Waals surface area contributed by atoms with Crippen molar-refractivity contribution in [2.75, 3.05) is 6.61 Å². The molecule has 0 unspecified atom stereocenters. The van der Waals surface area contributed by atoms with Gasteiger partial charge in [-0.25, -0.2) is 4.79 Å². The summed E-state index contributed by atoms with van der Waals surface area (Å²) in [5.74, 6) is 0. The number of hydrogen-bond donors (Lipinski definition) is 1. The SMILES string of the molecule is C=COC[C@@H](CC)NC(=O)OC(C)(C)C. The Labute approximate surface area is 91.6 Å². The molecule has 1 amide bonds. The molecule has 0 aliphatic rings. The minimum atomic E-state index is -0.471. The Kier molecular flexibility index (Phi) is 5.82. The second-order valence-electron chi connectivity index (χ2n) is 4.25. The molecule has 0 rings (SSSR count). The summed E-state index contributed by atoms with van der Waals surface area (Å²) in [4.78, 5) is 11.4. The van der Waals surface area contributed by atoms with Gasteiger partial charge in [0.2, 0.25) is 0 Å². The molecule has 0 aromatic rings. The van der Waals surface area contributed by atoms with Crippen LogP contribution >= 0.6 is 0 Å². The lowest BCUT2D eigenvalue weighted by molar-refractivity contribution is 0.0477. The predicted molar refractivity (Wildman–Crippen MR) is 59.6 cm³/mol. The highest BCUT2D eigenvalue weighted by molar-refractivity contribution is 5.68. The molecule has 0 heterocycles. The Morgan fingerprint density at radius 2 is 2.13 bits per heavy atom. The van der Waals surface area contributed by atoms with Gasteiger partial charge in [0.25, 0.3) is 0 Å². The third kappa shape index (κ3) is 7.85. The molecule has 0 spiro atoms. The monoisotopic (exact) mass is 215 g/mol. The number of alkyl carbamates (subject to hydrolysis) is 1. The van der Waals surface area contributed by atoms with Gasteiger partial charge in [-0.1, -0.05) is 13.5 Å². The van der Waals surface area contributed by atoms with Crippen molar-refractivity contribution < 1.29 is 14.3 Å². The van der Waals surface area contributed by atoms with E-state index in [0.717, 1.165) is 6.42 Å².